The molecule has 0 aliphatic heterocycles. The third kappa shape index (κ3) is 2.10. The van der Waals surface area contributed by atoms with Crippen LogP contribution in [0.5, 0.6) is 0 Å². The lowest BCUT2D eigenvalue weighted by molar-refractivity contribution is 0.0906. The third-order valence-corrected chi connectivity index (χ3v) is 2.00. The Bertz CT molecular complexity index is 475. The van der Waals surface area contributed by atoms with Crippen LogP contribution in [0.25, 0.3) is 0 Å². The van der Waals surface area contributed by atoms with Crippen molar-refractivity contribution in [2.24, 2.45) is 0 Å². The van der Waals surface area contributed by atoms with E-state index < -0.39 is 0 Å². The molecule has 0 aromatic carbocycles. The number of amides is 1. The van der Waals surface area contributed by atoms with Gasteiger partial charge in [-0.3, -0.25) is 4.79 Å². The molecule has 1 N–H and O–H groups in total. The molecule has 6 nitrogen and oxygen atoms in total. The first-order valence-corrected chi connectivity index (χ1v) is 4.81. The molecule has 2 heterocycles. The average Bonchev–Trinajstić information content (AvgIpc) is 2.87. The molecule has 16 heavy (non-hydrogen) atoms. The fraction of sp³-hybridized carbons (Fsp3) is 0.300. The molecule has 0 bridgehead atoms. The highest BCUT2D eigenvalue weighted by molar-refractivity contribution is 5.91. The van der Waals surface area contributed by atoms with Gasteiger partial charge >= 0.3 is 0 Å². The zero-order valence-electron chi connectivity index (χ0n) is 8.93. The molecular formula is C10H11N3O3. The zero-order chi connectivity index (χ0) is 11.5. The van der Waals surface area contributed by atoms with Gasteiger partial charge in [0.1, 0.15) is 6.04 Å². The highest BCUT2D eigenvalue weighted by atomic mass is 16.4. The maximum absolute atomic E-state index is 11.6. The van der Waals surface area contributed by atoms with Crippen LogP contribution in [0.15, 0.2) is 27.2 Å². The number of carbonyl (C=O) groups is 1. The van der Waals surface area contributed by atoms with E-state index in [1.807, 2.05) is 0 Å². The van der Waals surface area contributed by atoms with Gasteiger partial charge in [0.15, 0.2) is 5.76 Å². The number of hydrogen-bond acceptors (Lipinski definition) is 5. The van der Waals surface area contributed by atoms with Crippen LogP contribution in [0.3, 0.4) is 0 Å². The Morgan fingerprint density at radius 1 is 1.50 bits per heavy atom. The van der Waals surface area contributed by atoms with Crippen LogP contribution >= 0.6 is 0 Å². The summed E-state index contributed by atoms with van der Waals surface area (Å²) in [5.41, 5.74) is 0. The molecule has 84 valence electrons. The summed E-state index contributed by atoms with van der Waals surface area (Å²) < 4.78 is 10.2. The average molecular weight is 221 g/mol. The normalized spacial score (nSPS) is 12.4. The molecular weight excluding hydrogens is 210 g/mol. The van der Waals surface area contributed by atoms with Crippen molar-refractivity contribution in [3.05, 3.63) is 35.9 Å². The van der Waals surface area contributed by atoms with Crippen molar-refractivity contribution < 1.29 is 13.6 Å². The number of nitrogens with one attached hydrogen (secondary N) is 1. The maximum Gasteiger partial charge on any atom is 0.287 e. The topological polar surface area (TPSA) is 81.2 Å². The minimum absolute atomic E-state index is 0.253. The molecule has 0 radical (unpaired) electrons. The van der Waals surface area contributed by atoms with Gasteiger partial charge in [0.05, 0.1) is 6.26 Å². The molecule has 2 rings (SSSR count). The monoisotopic (exact) mass is 221 g/mol. The molecule has 0 spiro atoms. The molecule has 6 heteroatoms. The molecule has 1 amide bonds. The minimum Gasteiger partial charge on any atom is -0.459 e. The summed E-state index contributed by atoms with van der Waals surface area (Å²) in [7, 11) is 0. The van der Waals surface area contributed by atoms with Crippen LogP contribution in [0.1, 0.15) is 35.3 Å². The van der Waals surface area contributed by atoms with Crippen molar-refractivity contribution in [3.8, 4) is 0 Å². The molecule has 0 aliphatic rings. The quantitative estimate of drug-likeness (QED) is 0.848. The van der Waals surface area contributed by atoms with E-state index in [1.165, 1.54) is 6.26 Å². The van der Waals surface area contributed by atoms with Gasteiger partial charge in [-0.05, 0) is 19.1 Å². The molecule has 0 saturated heterocycles. The van der Waals surface area contributed by atoms with Crippen LogP contribution < -0.4 is 5.32 Å². The Hall–Kier alpha value is -2.11. The molecule has 0 aliphatic carbocycles. The van der Waals surface area contributed by atoms with Crippen LogP contribution in [0, 0.1) is 6.92 Å². The van der Waals surface area contributed by atoms with Gasteiger partial charge in [0.2, 0.25) is 11.8 Å². The van der Waals surface area contributed by atoms with Gasteiger partial charge in [-0.1, -0.05) is 0 Å². The van der Waals surface area contributed by atoms with E-state index in [4.69, 9.17) is 8.83 Å². The highest BCUT2D eigenvalue weighted by Gasteiger charge is 2.17. The standard InChI is InChI=1S/C10H11N3O3/c1-6(10-13-12-7(2)16-10)11-9(14)8-4-3-5-15-8/h3-6H,1-2H3,(H,11,14). The Labute approximate surface area is 91.7 Å². The third-order valence-electron chi connectivity index (χ3n) is 2.00. The van der Waals surface area contributed by atoms with Gasteiger partial charge < -0.3 is 14.2 Å². The number of aryl methyl sites for hydroxylation is 1. The summed E-state index contributed by atoms with van der Waals surface area (Å²) in [6.07, 6.45) is 1.44. The van der Waals surface area contributed by atoms with Crippen molar-refractivity contribution in [1.29, 1.82) is 0 Å². The van der Waals surface area contributed by atoms with E-state index in [0.717, 1.165) is 0 Å². The van der Waals surface area contributed by atoms with Crippen LogP contribution in [0.2, 0.25) is 0 Å². The Balaban J connectivity index is 2.03. The van der Waals surface area contributed by atoms with Crippen LogP contribution in [-0.2, 0) is 0 Å². The lowest BCUT2D eigenvalue weighted by Crippen LogP contribution is -2.26. The van der Waals surface area contributed by atoms with Gasteiger partial charge in [-0.15, -0.1) is 10.2 Å². The zero-order valence-corrected chi connectivity index (χ0v) is 8.93. The van der Waals surface area contributed by atoms with Crippen LogP contribution in [-0.4, -0.2) is 16.1 Å². The van der Waals surface area contributed by atoms with Crippen LogP contribution in [0.4, 0.5) is 0 Å². The first-order valence-electron chi connectivity index (χ1n) is 4.81. The first kappa shape index (κ1) is 10.4. The predicted octanol–water partition coefficient (Wildman–Crippen LogP) is 1.46. The largest absolute Gasteiger partial charge is 0.459 e. The molecule has 1 unspecified atom stereocenters. The van der Waals surface area contributed by atoms with E-state index in [-0.39, 0.29) is 17.7 Å². The lowest BCUT2D eigenvalue weighted by Gasteiger charge is -2.07. The highest BCUT2D eigenvalue weighted by Crippen LogP contribution is 2.11. The summed E-state index contributed by atoms with van der Waals surface area (Å²) in [5, 5.41) is 10.2. The minimum atomic E-state index is -0.348. The summed E-state index contributed by atoms with van der Waals surface area (Å²) in [4.78, 5) is 11.6. The Kier molecular flexibility index (Phi) is 2.72. The molecule has 2 aromatic heterocycles. The lowest BCUT2D eigenvalue weighted by atomic mass is 10.3. The van der Waals surface area contributed by atoms with E-state index >= 15 is 0 Å². The van der Waals surface area contributed by atoms with E-state index in [0.29, 0.717) is 11.8 Å². The number of carbonyl (C=O) groups excluding carboxylic acids is 1. The maximum atomic E-state index is 11.6. The van der Waals surface area contributed by atoms with Gasteiger partial charge in [-0.2, -0.15) is 0 Å². The summed E-state index contributed by atoms with van der Waals surface area (Å²) in [5.74, 6) is 0.781. The number of nitrogens with zero attached hydrogens (tertiary/aromatic N) is 2. The molecule has 0 saturated carbocycles. The van der Waals surface area contributed by atoms with Gasteiger partial charge in [0, 0.05) is 6.92 Å². The number of rotatable bonds is 3. The molecule has 0 fully saturated rings. The van der Waals surface area contributed by atoms with Gasteiger partial charge in [-0.25, -0.2) is 0 Å². The molecule has 2 aromatic rings. The molecule has 1 atom stereocenters. The number of hydrogen-bond donors (Lipinski definition) is 1. The predicted molar refractivity (Wildman–Crippen MR) is 53.6 cm³/mol. The van der Waals surface area contributed by atoms with Crippen molar-refractivity contribution in [1.82, 2.24) is 15.5 Å². The van der Waals surface area contributed by atoms with E-state index in [9.17, 15) is 4.79 Å². The second-order valence-corrected chi connectivity index (χ2v) is 3.33. The van der Waals surface area contributed by atoms with E-state index in [2.05, 4.69) is 15.5 Å². The second kappa shape index (κ2) is 4.18. The van der Waals surface area contributed by atoms with Crippen molar-refractivity contribution in [2.75, 3.05) is 0 Å². The SMILES string of the molecule is Cc1nnc(C(C)NC(=O)c2ccco2)o1. The summed E-state index contributed by atoms with van der Waals surface area (Å²) >= 11 is 0. The fourth-order valence-electron chi connectivity index (χ4n) is 1.22. The Morgan fingerprint density at radius 3 is 2.88 bits per heavy atom. The first-order chi connectivity index (χ1) is 7.66. The summed E-state index contributed by atoms with van der Waals surface area (Å²) in [6.45, 7) is 3.45. The van der Waals surface area contributed by atoms with Crippen molar-refractivity contribution >= 4 is 5.91 Å². The van der Waals surface area contributed by atoms with Gasteiger partial charge in [0.25, 0.3) is 5.91 Å². The Morgan fingerprint density at radius 2 is 2.31 bits per heavy atom. The number of aromatic nitrogens is 2. The van der Waals surface area contributed by atoms with Crippen molar-refractivity contribution in [3.63, 3.8) is 0 Å². The van der Waals surface area contributed by atoms with E-state index in [1.54, 1.807) is 26.0 Å². The number of furan rings is 1. The smallest absolute Gasteiger partial charge is 0.287 e. The summed E-state index contributed by atoms with van der Waals surface area (Å²) in [6, 6.07) is 2.89. The second-order valence-electron chi connectivity index (χ2n) is 3.33. The fourth-order valence-corrected chi connectivity index (χ4v) is 1.22. The van der Waals surface area contributed by atoms with Crippen molar-refractivity contribution in [2.45, 2.75) is 19.9 Å².